The molecule has 4 rings (SSSR count). The summed E-state index contributed by atoms with van der Waals surface area (Å²) in [5.41, 5.74) is 3.49. The molecule has 10 nitrogen and oxygen atoms in total. The summed E-state index contributed by atoms with van der Waals surface area (Å²) < 4.78 is 16.5. The number of likely N-dealkylation sites (N-methyl/N-ethyl adjacent to an activating group) is 1. The quantitative estimate of drug-likeness (QED) is 0.315. The van der Waals surface area contributed by atoms with Crippen LogP contribution in [0.4, 0.5) is 15.3 Å². The third kappa shape index (κ3) is 6.99. The van der Waals surface area contributed by atoms with Crippen molar-refractivity contribution in [3.8, 4) is 11.5 Å². The van der Waals surface area contributed by atoms with Crippen LogP contribution < -0.4 is 14.4 Å². The largest absolute Gasteiger partial charge is 0.493 e. The Morgan fingerprint density at radius 2 is 1.84 bits per heavy atom. The predicted molar refractivity (Wildman–Crippen MR) is 170 cm³/mol. The van der Waals surface area contributed by atoms with Gasteiger partial charge in [0.05, 0.1) is 24.7 Å². The van der Waals surface area contributed by atoms with Crippen molar-refractivity contribution in [3.05, 3.63) is 53.1 Å². The molecule has 2 heterocycles. The van der Waals surface area contributed by atoms with Crippen LogP contribution in [0.25, 0.3) is 0 Å². The van der Waals surface area contributed by atoms with Crippen molar-refractivity contribution in [2.45, 2.75) is 58.6 Å². The fourth-order valence-corrected chi connectivity index (χ4v) is 6.13. The summed E-state index contributed by atoms with van der Waals surface area (Å²) in [7, 11) is 1.57. The Morgan fingerprint density at radius 3 is 2.51 bits per heavy atom. The Bertz CT molecular complexity index is 1390. The predicted octanol–water partition coefficient (Wildman–Crippen LogP) is 6.16. The number of nitrogens with zero attached hydrogens (tertiary/aromatic N) is 4. The van der Waals surface area contributed by atoms with E-state index in [-0.39, 0.29) is 23.2 Å². The third-order valence-electron chi connectivity index (χ3n) is 7.97. The van der Waals surface area contributed by atoms with Gasteiger partial charge in [0.1, 0.15) is 6.61 Å². The van der Waals surface area contributed by atoms with Crippen LogP contribution in [-0.2, 0) is 10.2 Å². The molecule has 11 heteroatoms. The molecule has 0 bridgehead atoms. The van der Waals surface area contributed by atoms with Crippen molar-refractivity contribution in [3.63, 3.8) is 0 Å². The minimum atomic E-state index is -0.782. The second-order valence-corrected chi connectivity index (χ2v) is 12.4. The Morgan fingerprint density at radius 1 is 1.09 bits per heavy atom. The molecular weight excluding hydrogens is 568 g/mol. The van der Waals surface area contributed by atoms with Crippen molar-refractivity contribution in [1.82, 2.24) is 9.91 Å². The Labute approximate surface area is 258 Å². The lowest BCUT2D eigenvalue weighted by Gasteiger charge is -2.39. The molecule has 43 heavy (non-hydrogen) atoms. The lowest BCUT2D eigenvalue weighted by Crippen LogP contribution is -2.42. The van der Waals surface area contributed by atoms with Crippen LogP contribution in [0, 0.1) is 0 Å². The molecule has 0 N–H and O–H groups in total. The molecule has 0 saturated heterocycles. The molecule has 2 aromatic carbocycles. The number of ether oxygens (including phenoxy) is 3. The summed E-state index contributed by atoms with van der Waals surface area (Å²) in [5.74, 6) is 0.969. The number of hydrogen-bond acceptors (Lipinski definition) is 9. The number of imide groups is 1. The number of carbonyl (C=O) groups excluding carboxylic acids is 3. The van der Waals surface area contributed by atoms with E-state index in [0.717, 1.165) is 53.1 Å². The van der Waals surface area contributed by atoms with Crippen molar-refractivity contribution in [1.29, 1.82) is 0 Å². The normalized spacial score (nSPS) is 17.8. The monoisotopic (exact) mass is 610 g/mol. The smallest absolute Gasteiger partial charge is 0.438 e. The number of rotatable bonds is 10. The molecule has 0 aromatic heterocycles. The first-order valence-electron chi connectivity index (χ1n) is 14.8. The van der Waals surface area contributed by atoms with Crippen molar-refractivity contribution in [2.24, 2.45) is 5.10 Å². The highest BCUT2D eigenvalue weighted by Crippen LogP contribution is 2.42. The molecular formula is C32H42N4O6S. The van der Waals surface area contributed by atoms with Crippen molar-refractivity contribution < 1.29 is 28.6 Å². The Kier molecular flexibility index (Phi) is 10.4. The van der Waals surface area contributed by atoms with Crippen LogP contribution in [-0.4, -0.2) is 84.6 Å². The fraction of sp³-hybridized carbons (Fsp3) is 0.500. The zero-order valence-electron chi connectivity index (χ0n) is 26.1. The summed E-state index contributed by atoms with van der Waals surface area (Å²) in [6.07, 6.45) is -0.0285. The van der Waals surface area contributed by atoms with Gasteiger partial charge in [0, 0.05) is 24.3 Å². The molecule has 0 saturated carbocycles. The number of methoxy groups -OCH3 is 1. The first kappa shape index (κ1) is 32.3. The molecule has 2 aliphatic rings. The zero-order valence-corrected chi connectivity index (χ0v) is 27.0. The molecule has 2 aliphatic heterocycles. The number of hydrogen-bond donors (Lipinski definition) is 0. The van der Waals surface area contributed by atoms with Gasteiger partial charge >= 0.3 is 11.3 Å². The van der Waals surface area contributed by atoms with Crippen molar-refractivity contribution in [2.75, 3.05) is 51.4 Å². The highest BCUT2D eigenvalue weighted by molar-refractivity contribution is 8.14. The second-order valence-electron chi connectivity index (χ2n) is 11.1. The summed E-state index contributed by atoms with van der Waals surface area (Å²) in [4.78, 5) is 43.3. The van der Waals surface area contributed by atoms with Gasteiger partial charge in [-0.15, -0.1) is 5.01 Å². The highest BCUT2D eigenvalue weighted by Gasteiger charge is 2.37. The van der Waals surface area contributed by atoms with E-state index in [2.05, 4.69) is 23.8 Å². The van der Waals surface area contributed by atoms with Crippen LogP contribution in [0.2, 0.25) is 0 Å². The van der Waals surface area contributed by atoms with Gasteiger partial charge in [0.15, 0.2) is 11.5 Å². The van der Waals surface area contributed by atoms with E-state index in [1.807, 2.05) is 45.9 Å². The molecule has 0 spiro atoms. The standard InChI is InChI=1S/C32H42N4O6S/c1-8-34(9-2)17-18-42-30(38)36-31(39)43-21(4)28(33-36)22-11-13-25-24(19-22)32(5,6)15-16-35(25)29(37)23-12-14-26(40-7)27(20-23)41-10-3/h11-14,19-21H,8-10,15-18H2,1-7H3. The fourth-order valence-electron chi connectivity index (χ4n) is 5.32. The van der Waals surface area contributed by atoms with E-state index in [0.29, 0.717) is 42.5 Å². The van der Waals surface area contributed by atoms with Gasteiger partial charge in [-0.3, -0.25) is 9.59 Å². The number of hydrazone groups is 1. The van der Waals surface area contributed by atoms with E-state index in [1.165, 1.54) is 0 Å². The molecule has 232 valence electrons. The average molecular weight is 611 g/mol. The Hall–Kier alpha value is -3.57. The zero-order chi connectivity index (χ0) is 31.3. The van der Waals surface area contributed by atoms with Crippen molar-refractivity contribution >= 4 is 40.4 Å². The maximum Gasteiger partial charge on any atom is 0.438 e. The highest BCUT2D eigenvalue weighted by atomic mass is 32.2. The molecule has 1 atom stereocenters. The lowest BCUT2D eigenvalue weighted by atomic mass is 9.76. The van der Waals surface area contributed by atoms with Crippen LogP contribution in [0.3, 0.4) is 0 Å². The number of amides is 3. The third-order valence-corrected chi connectivity index (χ3v) is 8.92. The van der Waals surface area contributed by atoms with Gasteiger partial charge in [0.2, 0.25) is 0 Å². The first-order valence-corrected chi connectivity index (χ1v) is 15.7. The molecule has 1 unspecified atom stereocenters. The van der Waals surface area contributed by atoms with Gasteiger partial charge in [-0.25, -0.2) is 4.79 Å². The van der Waals surface area contributed by atoms with Gasteiger partial charge in [-0.1, -0.05) is 45.5 Å². The summed E-state index contributed by atoms with van der Waals surface area (Å²) in [6.45, 7) is 15.6. The lowest BCUT2D eigenvalue weighted by molar-refractivity contribution is 0.0980. The van der Waals surface area contributed by atoms with Gasteiger partial charge in [0.25, 0.3) is 5.91 Å². The van der Waals surface area contributed by atoms with Gasteiger partial charge in [-0.2, -0.15) is 5.10 Å². The maximum absolute atomic E-state index is 13.8. The van der Waals surface area contributed by atoms with E-state index < -0.39 is 11.3 Å². The number of thioether (sulfide) groups is 1. The second kappa shape index (κ2) is 13.8. The van der Waals surface area contributed by atoms with Gasteiger partial charge < -0.3 is 24.0 Å². The summed E-state index contributed by atoms with van der Waals surface area (Å²) in [5, 5.41) is 4.56. The Balaban J connectivity index is 1.63. The van der Waals surface area contributed by atoms with Crippen LogP contribution >= 0.6 is 11.8 Å². The summed E-state index contributed by atoms with van der Waals surface area (Å²) in [6, 6.07) is 11.1. The van der Waals surface area contributed by atoms with E-state index in [4.69, 9.17) is 14.2 Å². The maximum atomic E-state index is 13.8. The molecule has 2 aromatic rings. The van der Waals surface area contributed by atoms with E-state index in [9.17, 15) is 14.4 Å². The first-order chi connectivity index (χ1) is 20.5. The van der Waals surface area contributed by atoms with Gasteiger partial charge in [-0.05, 0) is 80.2 Å². The molecule has 0 radical (unpaired) electrons. The number of anilines is 1. The number of fused-ring (bicyclic) bond motifs is 1. The summed E-state index contributed by atoms with van der Waals surface area (Å²) >= 11 is 1.04. The topological polar surface area (TPSA) is 101 Å². The molecule has 0 aliphatic carbocycles. The molecule has 0 fully saturated rings. The molecule has 3 amide bonds. The SMILES string of the molecule is CCOc1cc(C(=O)N2CCC(C)(C)c3cc(C4=NN(C(=O)OCCN(CC)CC)C(=O)SC4C)ccc32)ccc1OC. The van der Waals surface area contributed by atoms with E-state index >= 15 is 0 Å². The van der Waals surface area contributed by atoms with Crippen LogP contribution in [0.15, 0.2) is 41.5 Å². The van der Waals surface area contributed by atoms with E-state index in [1.54, 1.807) is 30.2 Å². The number of benzene rings is 2. The minimum absolute atomic E-state index is 0.128. The average Bonchev–Trinajstić information content (AvgIpc) is 2.99. The minimum Gasteiger partial charge on any atom is -0.493 e. The number of carbonyl (C=O) groups is 3. The van der Waals surface area contributed by atoms with Crippen LogP contribution in [0.1, 0.15) is 69.4 Å². The van der Waals surface area contributed by atoms with Crippen LogP contribution in [0.5, 0.6) is 11.5 Å².